The molecule has 1 saturated heterocycles. The number of likely N-dealkylation sites (tertiary alicyclic amines) is 1. The van der Waals surface area contributed by atoms with E-state index in [9.17, 15) is 9.59 Å². The number of hydrogen-bond acceptors (Lipinski definition) is 5. The molecule has 1 heterocycles. The smallest absolute Gasteiger partial charge is 0.410 e. The van der Waals surface area contributed by atoms with E-state index in [0.717, 1.165) is 0 Å². The van der Waals surface area contributed by atoms with Crippen molar-refractivity contribution in [1.82, 2.24) is 15.1 Å². The number of carbonyl (C=O) groups excluding carboxylic acids is 2. The summed E-state index contributed by atoms with van der Waals surface area (Å²) in [7, 11) is 1.73. The molecular formula is C17H33N3O4. The van der Waals surface area contributed by atoms with E-state index in [4.69, 9.17) is 9.47 Å². The Morgan fingerprint density at radius 1 is 1.12 bits per heavy atom. The Kier molecular flexibility index (Phi) is 6.50. The third-order valence-corrected chi connectivity index (χ3v) is 3.58. The maximum absolute atomic E-state index is 12.0. The molecule has 0 radical (unpaired) electrons. The van der Waals surface area contributed by atoms with Crippen molar-refractivity contribution in [1.29, 1.82) is 0 Å². The lowest BCUT2D eigenvalue weighted by atomic mass is 10.1. The Morgan fingerprint density at radius 3 is 2.08 bits per heavy atom. The van der Waals surface area contributed by atoms with Crippen LogP contribution in [0.15, 0.2) is 0 Å². The van der Waals surface area contributed by atoms with Crippen LogP contribution in [0, 0.1) is 0 Å². The van der Waals surface area contributed by atoms with Crippen molar-refractivity contribution in [3.8, 4) is 0 Å². The molecule has 7 heteroatoms. The van der Waals surface area contributed by atoms with Crippen LogP contribution < -0.4 is 5.32 Å². The molecule has 1 aliphatic heterocycles. The largest absolute Gasteiger partial charge is 0.444 e. The van der Waals surface area contributed by atoms with Gasteiger partial charge in [-0.3, -0.25) is 0 Å². The van der Waals surface area contributed by atoms with Crippen LogP contribution in [0.25, 0.3) is 0 Å². The molecular weight excluding hydrogens is 310 g/mol. The molecule has 1 rings (SSSR count). The van der Waals surface area contributed by atoms with Crippen molar-refractivity contribution < 1.29 is 19.1 Å². The summed E-state index contributed by atoms with van der Waals surface area (Å²) in [4.78, 5) is 27.1. The molecule has 0 aromatic carbocycles. The molecule has 140 valence electrons. The van der Waals surface area contributed by atoms with Gasteiger partial charge < -0.3 is 24.6 Å². The number of carbonyl (C=O) groups is 2. The Bertz CT molecular complexity index is 448. The van der Waals surface area contributed by atoms with E-state index in [1.807, 2.05) is 48.5 Å². The van der Waals surface area contributed by atoms with Crippen molar-refractivity contribution in [2.24, 2.45) is 0 Å². The maximum atomic E-state index is 12.0. The van der Waals surface area contributed by atoms with E-state index in [2.05, 4.69) is 5.32 Å². The average Bonchev–Trinajstić information content (AvgIpc) is 2.31. The number of rotatable bonds is 4. The summed E-state index contributed by atoms with van der Waals surface area (Å²) in [6.45, 7) is 15.0. The van der Waals surface area contributed by atoms with Crippen LogP contribution in [0.2, 0.25) is 0 Å². The van der Waals surface area contributed by atoms with Crippen molar-refractivity contribution in [2.45, 2.75) is 71.8 Å². The van der Waals surface area contributed by atoms with Crippen LogP contribution in [-0.4, -0.2) is 72.0 Å². The summed E-state index contributed by atoms with van der Waals surface area (Å²) < 4.78 is 10.7. The fourth-order valence-electron chi connectivity index (χ4n) is 2.07. The van der Waals surface area contributed by atoms with Crippen molar-refractivity contribution in [2.75, 3.05) is 26.7 Å². The zero-order valence-electron chi connectivity index (χ0n) is 16.3. The second-order valence-corrected chi connectivity index (χ2v) is 8.43. The Labute approximate surface area is 145 Å². The van der Waals surface area contributed by atoms with Crippen LogP contribution in [0.4, 0.5) is 9.59 Å². The van der Waals surface area contributed by atoms with Gasteiger partial charge in [0, 0.05) is 38.8 Å². The van der Waals surface area contributed by atoms with Gasteiger partial charge >= 0.3 is 12.2 Å². The quantitative estimate of drug-likeness (QED) is 0.849. The summed E-state index contributed by atoms with van der Waals surface area (Å²) in [6, 6.07) is 0.224. The Hall–Kier alpha value is -1.50. The number of likely N-dealkylation sites (N-methyl/N-ethyl adjacent to an activating group) is 1. The molecule has 1 fully saturated rings. The van der Waals surface area contributed by atoms with E-state index < -0.39 is 11.2 Å². The predicted molar refractivity (Wildman–Crippen MR) is 93.1 cm³/mol. The lowest BCUT2D eigenvalue weighted by molar-refractivity contribution is 0.00436. The van der Waals surface area contributed by atoms with E-state index in [1.54, 1.807) is 16.8 Å². The highest BCUT2D eigenvalue weighted by Crippen LogP contribution is 2.15. The van der Waals surface area contributed by atoms with Crippen molar-refractivity contribution in [3.05, 3.63) is 0 Å². The molecule has 1 atom stereocenters. The van der Waals surface area contributed by atoms with Crippen LogP contribution in [0.3, 0.4) is 0 Å². The zero-order chi connectivity index (χ0) is 18.7. The van der Waals surface area contributed by atoms with Gasteiger partial charge in [0.2, 0.25) is 0 Å². The molecule has 7 nitrogen and oxygen atoms in total. The van der Waals surface area contributed by atoms with Crippen LogP contribution in [0.1, 0.15) is 48.5 Å². The third kappa shape index (κ3) is 6.95. The van der Waals surface area contributed by atoms with Gasteiger partial charge in [-0.15, -0.1) is 0 Å². The first kappa shape index (κ1) is 20.5. The summed E-state index contributed by atoms with van der Waals surface area (Å²) >= 11 is 0. The van der Waals surface area contributed by atoms with Crippen LogP contribution in [-0.2, 0) is 9.47 Å². The normalized spacial score (nSPS) is 17.1. The second-order valence-electron chi connectivity index (χ2n) is 8.43. The third-order valence-electron chi connectivity index (χ3n) is 3.58. The Balaban J connectivity index is 2.29. The van der Waals surface area contributed by atoms with Gasteiger partial charge in [0.15, 0.2) is 0 Å². The number of ether oxygens (including phenoxy) is 2. The monoisotopic (exact) mass is 343 g/mol. The summed E-state index contributed by atoms with van der Waals surface area (Å²) in [5.41, 5.74) is -0.972. The molecule has 0 spiro atoms. The van der Waals surface area contributed by atoms with Crippen molar-refractivity contribution >= 4 is 12.2 Å². The minimum absolute atomic E-state index is 0.00423. The van der Waals surface area contributed by atoms with E-state index in [1.165, 1.54) is 0 Å². The van der Waals surface area contributed by atoms with Gasteiger partial charge in [0.25, 0.3) is 0 Å². The summed E-state index contributed by atoms with van der Waals surface area (Å²) in [5, 5.41) is 3.37. The first-order chi connectivity index (χ1) is 10.8. The molecule has 24 heavy (non-hydrogen) atoms. The number of nitrogens with zero attached hydrogens (tertiary/aromatic N) is 2. The second kappa shape index (κ2) is 7.59. The first-order valence-corrected chi connectivity index (χ1v) is 8.45. The topological polar surface area (TPSA) is 71.1 Å². The minimum atomic E-state index is -0.500. The maximum Gasteiger partial charge on any atom is 0.410 e. The molecule has 0 aromatic rings. The van der Waals surface area contributed by atoms with Gasteiger partial charge in [-0.25, -0.2) is 9.59 Å². The molecule has 1 unspecified atom stereocenters. The molecule has 1 N–H and O–H groups in total. The van der Waals surface area contributed by atoms with Gasteiger partial charge in [0.1, 0.15) is 11.2 Å². The van der Waals surface area contributed by atoms with Gasteiger partial charge in [-0.2, -0.15) is 0 Å². The van der Waals surface area contributed by atoms with Gasteiger partial charge in [0.05, 0.1) is 0 Å². The lowest BCUT2D eigenvalue weighted by Gasteiger charge is -2.41. The predicted octanol–water partition coefficient (Wildman–Crippen LogP) is 2.45. The summed E-state index contributed by atoms with van der Waals surface area (Å²) in [5.74, 6) is 0. The van der Waals surface area contributed by atoms with Gasteiger partial charge in [-0.05, 0) is 48.5 Å². The number of amides is 2. The fourth-order valence-corrected chi connectivity index (χ4v) is 2.07. The van der Waals surface area contributed by atoms with Crippen LogP contribution in [0.5, 0.6) is 0 Å². The minimum Gasteiger partial charge on any atom is -0.444 e. The highest BCUT2D eigenvalue weighted by atomic mass is 16.6. The SMILES string of the molecule is CC(CNC1CN(C(=O)OC(C)(C)C)C1)N(C)C(=O)OC(C)(C)C. The average molecular weight is 343 g/mol. The highest BCUT2D eigenvalue weighted by Gasteiger charge is 2.34. The first-order valence-electron chi connectivity index (χ1n) is 8.45. The van der Waals surface area contributed by atoms with Gasteiger partial charge in [-0.1, -0.05) is 0 Å². The molecule has 0 aliphatic carbocycles. The highest BCUT2D eigenvalue weighted by molar-refractivity contribution is 5.69. The van der Waals surface area contributed by atoms with E-state index >= 15 is 0 Å². The zero-order valence-corrected chi connectivity index (χ0v) is 16.3. The lowest BCUT2D eigenvalue weighted by Crippen LogP contribution is -2.62. The van der Waals surface area contributed by atoms with E-state index in [0.29, 0.717) is 19.6 Å². The number of hydrogen-bond donors (Lipinski definition) is 1. The van der Waals surface area contributed by atoms with Crippen LogP contribution >= 0.6 is 0 Å². The standard InChI is InChI=1S/C17H33N3O4/c1-12(19(8)14(21)23-16(2,3)4)9-18-13-10-20(11-13)15(22)24-17(5,6)7/h12-13,18H,9-11H2,1-8H3. The summed E-state index contributed by atoms with van der Waals surface area (Å²) in [6.07, 6.45) is -0.611. The van der Waals surface area contributed by atoms with Crippen molar-refractivity contribution in [3.63, 3.8) is 0 Å². The fraction of sp³-hybridized carbons (Fsp3) is 0.882. The molecule has 2 amide bonds. The molecule has 1 aliphatic rings. The number of nitrogens with one attached hydrogen (secondary N) is 1. The molecule has 0 saturated carbocycles. The molecule has 0 bridgehead atoms. The van der Waals surface area contributed by atoms with E-state index in [-0.39, 0.29) is 24.3 Å². The molecule has 0 aromatic heterocycles. The Morgan fingerprint density at radius 2 is 1.62 bits per heavy atom.